The van der Waals surface area contributed by atoms with Gasteiger partial charge in [0.2, 0.25) is 0 Å². The number of thioether (sulfide) groups is 1. The van der Waals surface area contributed by atoms with Gasteiger partial charge in [-0.25, -0.2) is 5.84 Å². The molecule has 0 bridgehead atoms. The van der Waals surface area contributed by atoms with Crippen molar-refractivity contribution in [3.8, 4) is 0 Å². The SMILES string of the molecule is NNC(=O)c1ccc(CSc2cccs2)nc1. The van der Waals surface area contributed by atoms with E-state index in [2.05, 4.69) is 16.5 Å². The fourth-order valence-corrected chi connectivity index (χ4v) is 2.92. The highest BCUT2D eigenvalue weighted by Crippen LogP contribution is 2.26. The third-order valence-corrected chi connectivity index (χ3v) is 4.24. The van der Waals surface area contributed by atoms with Gasteiger partial charge in [-0.15, -0.1) is 23.1 Å². The first-order valence-electron chi connectivity index (χ1n) is 4.92. The zero-order valence-electron chi connectivity index (χ0n) is 8.92. The van der Waals surface area contributed by atoms with E-state index in [1.807, 2.05) is 17.5 Å². The molecule has 3 N–H and O–H groups in total. The van der Waals surface area contributed by atoms with Crippen LogP contribution in [0.2, 0.25) is 0 Å². The number of amides is 1. The molecule has 0 aromatic carbocycles. The number of hydrazine groups is 1. The molecule has 2 aromatic heterocycles. The number of nitrogen functional groups attached to an aromatic ring is 1. The van der Waals surface area contributed by atoms with Crippen LogP contribution in [0.3, 0.4) is 0 Å². The van der Waals surface area contributed by atoms with Crippen LogP contribution in [0.5, 0.6) is 0 Å². The Balaban J connectivity index is 1.96. The van der Waals surface area contributed by atoms with E-state index in [1.165, 1.54) is 10.4 Å². The van der Waals surface area contributed by atoms with Gasteiger partial charge in [-0.1, -0.05) is 6.07 Å². The standard InChI is InChI=1S/C11H11N3OS2/c12-14-11(15)8-3-4-9(13-6-8)7-17-10-2-1-5-16-10/h1-6H,7,12H2,(H,14,15). The van der Waals surface area contributed by atoms with Gasteiger partial charge in [-0.05, 0) is 23.6 Å². The third kappa shape index (κ3) is 3.29. The van der Waals surface area contributed by atoms with Crippen LogP contribution in [0.15, 0.2) is 40.1 Å². The minimum Gasteiger partial charge on any atom is -0.290 e. The normalized spacial score (nSPS) is 10.2. The molecule has 2 aromatic rings. The average Bonchev–Trinajstić information content (AvgIpc) is 2.89. The summed E-state index contributed by atoms with van der Waals surface area (Å²) < 4.78 is 1.26. The lowest BCUT2D eigenvalue weighted by molar-refractivity contribution is 0.0953. The van der Waals surface area contributed by atoms with Crippen molar-refractivity contribution < 1.29 is 4.79 Å². The maximum Gasteiger partial charge on any atom is 0.266 e. The Morgan fingerprint density at radius 3 is 2.94 bits per heavy atom. The van der Waals surface area contributed by atoms with E-state index in [9.17, 15) is 4.79 Å². The Morgan fingerprint density at radius 1 is 1.47 bits per heavy atom. The summed E-state index contributed by atoms with van der Waals surface area (Å²) in [7, 11) is 0. The smallest absolute Gasteiger partial charge is 0.266 e. The Hall–Kier alpha value is -1.37. The molecule has 4 nitrogen and oxygen atoms in total. The van der Waals surface area contributed by atoms with Gasteiger partial charge in [-0.3, -0.25) is 15.2 Å². The van der Waals surface area contributed by atoms with Crippen LogP contribution in [-0.4, -0.2) is 10.9 Å². The molecule has 0 aliphatic carbocycles. The van der Waals surface area contributed by atoms with Crippen LogP contribution in [0.4, 0.5) is 0 Å². The van der Waals surface area contributed by atoms with Crippen LogP contribution in [0, 0.1) is 0 Å². The number of carbonyl (C=O) groups excluding carboxylic acids is 1. The number of pyridine rings is 1. The predicted molar refractivity (Wildman–Crippen MR) is 69.8 cm³/mol. The molecule has 1 amide bonds. The summed E-state index contributed by atoms with van der Waals surface area (Å²) in [5, 5.41) is 2.05. The Bertz CT molecular complexity index is 482. The van der Waals surface area contributed by atoms with Gasteiger partial charge in [0.05, 0.1) is 15.5 Å². The van der Waals surface area contributed by atoms with Gasteiger partial charge >= 0.3 is 0 Å². The summed E-state index contributed by atoms with van der Waals surface area (Å²) in [6.07, 6.45) is 1.53. The fourth-order valence-electron chi connectivity index (χ4n) is 1.22. The predicted octanol–water partition coefficient (Wildman–Crippen LogP) is 2.04. The summed E-state index contributed by atoms with van der Waals surface area (Å²) in [5.41, 5.74) is 3.48. The second-order valence-corrected chi connectivity index (χ2v) is 5.46. The Kier molecular flexibility index (Phi) is 4.13. The fraction of sp³-hybridized carbons (Fsp3) is 0.0909. The van der Waals surface area contributed by atoms with Crippen molar-refractivity contribution in [3.63, 3.8) is 0 Å². The van der Waals surface area contributed by atoms with E-state index in [0.717, 1.165) is 11.4 Å². The molecule has 2 heterocycles. The largest absolute Gasteiger partial charge is 0.290 e. The van der Waals surface area contributed by atoms with Gasteiger partial charge in [-0.2, -0.15) is 0 Å². The Labute approximate surface area is 107 Å². The quantitative estimate of drug-likeness (QED) is 0.384. The summed E-state index contributed by atoms with van der Waals surface area (Å²) in [5.74, 6) is 5.51. The number of nitrogens with zero attached hydrogens (tertiary/aromatic N) is 1. The summed E-state index contributed by atoms with van der Waals surface area (Å²) in [4.78, 5) is 15.4. The molecular weight excluding hydrogens is 254 g/mol. The van der Waals surface area contributed by atoms with E-state index in [1.54, 1.807) is 29.2 Å². The Morgan fingerprint density at radius 2 is 2.35 bits per heavy atom. The van der Waals surface area contributed by atoms with Gasteiger partial charge in [0, 0.05) is 11.9 Å². The first kappa shape index (κ1) is 12.1. The van der Waals surface area contributed by atoms with Crippen molar-refractivity contribution in [2.75, 3.05) is 0 Å². The number of carbonyl (C=O) groups is 1. The van der Waals surface area contributed by atoms with Gasteiger partial charge in [0.15, 0.2) is 0 Å². The van der Waals surface area contributed by atoms with E-state index in [4.69, 9.17) is 5.84 Å². The number of aromatic nitrogens is 1. The number of nitrogens with one attached hydrogen (secondary N) is 1. The molecule has 0 aliphatic rings. The molecule has 0 aliphatic heterocycles. The number of hydrogen-bond donors (Lipinski definition) is 2. The maximum absolute atomic E-state index is 11.2. The van der Waals surface area contributed by atoms with Crippen LogP contribution < -0.4 is 11.3 Å². The molecule has 0 unspecified atom stereocenters. The van der Waals surface area contributed by atoms with Gasteiger partial charge < -0.3 is 0 Å². The lowest BCUT2D eigenvalue weighted by atomic mass is 10.2. The van der Waals surface area contributed by atoms with Crippen LogP contribution in [-0.2, 0) is 5.75 Å². The molecule has 0 saturated heterocycles. The molecule has 6 heteroatoms. The second kappa shape index (κ2) is 5.81. The van der Waals surface area contributed by atoms with E-state index in [0.29, 0.717) is 5.56 Å². The van der Waals surface area contributed by atoms with E-state index < -0.39 is 0 Å². The lowest BCUT2D eigenvalue weighted by Crippen LogP contribution is -2.30. The van der Waals surface area contributed by atoms with Gasteiger partial charge in [0.25, 0.3) is 5.91 Å². The summed E-state index contributed by atoms with van der Waals surface area (Å²) in [6, 6.07) is 7.66. The van der Waals surface area contributed by atoms with Crippen molar-refractivity contribution in [2.45, 2.75) is 9.96 Å². The first-order valence-corrected chi connectivity index (χ1v) is 6.78. The van der Waals surface area contributed by atoms with Crippen LogP contribution in [0.25, 0.3) is 0 Å². The minimum absolute atomic E-state index is 0.324. The van der Waals surface area contributed by atoms with Gasteiger partial charge in [0.1, 0.15) is 0 Å². The maximum atomic E-state index is 11.2. The number of rotatable bonds is 4. The summed E-state index contributed by atoms with van der Waals surface area (Å²) >= 11 is 3.44. The van der Waals surface area contributed by atoms with Crippen molar-refractivity contribution in [1.82, 2.24) is 10.4 Å². The number of nitrogens with two attached hydrogens (primary N) is 1. The zero-order chi connectivity index (χ0) is 12.1. The van der Waals surface area contributed by atoms with Crippen LogP contribution >= 0.6 is 23.1 Å². The molecule has 0 spiro atoms. The number of thiophene rings is 1. The topological polar surface area (TPSA) is 68.0 Å². The molecule has 0 fully saturated rings. The second-order valence-electron chi connectivity index (χ2n) is 3.23. The van der Waals surface area contributed by atoms with E-state index >= 15 is 0 Å². The minimum atomic E-state index is -0.324. The molecule has 0 saturated carbocycles. The highest BCUT2D eigenvalue weighted by molar-refractivity contribution is 8.00. The lowest BCUT2D eigenvalue weighted by Gasteiger charge is -2.01. The monoisotopic (exact) mass is 265 g/mol. The molecule has 2 rings (SSSR count). The first-order chi connectivity index (χ1) is 8.29. The highest BCUT2D eigenvalue weighted by Gasteiger charge is 2.04. The van der Waals surface area contributed by atoms with Crippen molar-refractivity contribution in [1.29, 1.82) is 0 Å². The molecular formula is C11H11N3OS2. The third-order valence-electron chi connectivity index (χ3n) is 2.08. The molecule has 88 valence electrons. The molecule has 17 heavy (non-hydrogen) atoms. The van der Waals surface area contributed by atoms with Crippen LogP contribution in [0.1, 0.15) is 16.1 Å². The van der Waals surface area contributed by atoms with Crippen molar-refractivity contribution in [3.05, 3.63) is 47.1 Å². The average molecular weight is 265 g/mol. The molecule has 0 atom stereocenters. The zero-order valence-corrected chi connectivity index (χ0v) is 10.6. The van der Waals surface area contributed by atoms with Crippen molar-refractivity contribution in [2.24, 2.45) is 5.84 Å². The highest BCUT2D eigenvalue weighted by atomic mass is 32.2. The van der Waals surface area contributed by atoms with Crippen molar-refractivity contribution >= 4 is 29.0 Å². The molecule has 0 radical (unpaired) electrons. The number of hydrogen-bond acceptors (Lipinski definition) is 5. The summed E-state index contributed by atoms with van der Waals surface area (Å²) in [6.45, 7) is 0. The van der Waals surface area contributed by atoms with E-state index in [-0.39, 0.29) is 5.91 Å².